The van der Waals surface area contributed by atoms with Gasteiger partial charge in [0.25, 0.3) is 0 Å². The van der Waals surface area contributed by atoms with Gasteiger partial charge in [-0.1, -0.05) is 41.6 Å². The third-order valence-electron chi connectivity index (χ3n) is 4.91. The van der Waals surface area contributed by atoms with Gasteiger partial charge in [0, 0.05) is 23.4 Å². The first-order valence-electron chi connectivity index (χ1n) is 9.67. The highest BCUT2D eigenvalue weighted by Gasteiger charge is 2.15. The van der Waals surface area contributed by atoms with Gasteiger partial charge in [-0.2, -0.15) is 0 Å². The number of carbonyl (C=O) groups excluding carboxylic acids is 2. The van der Waals surface area contributed by atoms with Crippen molar-refractivity contribution in [2.24, 2.45) is 7.05 Å². The molecule has 162 valence electrons. The Balaban J connectivity index is 1.55. The van der Waals surface area contributed by atoms with E-state index < -0.39 is 0 Å². The maximum absolute atomic E-state index is 12.4. The maximum Gasteiger partial charge on any atom is 0.234 e. The summed E-state index contributed by atoms with van der Waals surface area (Å²) in [5.74, 6) is 0.345. The van der Waals surface area contributed by atoms with E-state index in [1.807, 2.05) is 45.0 Å². The molecule has 31 heavy (non-hydrogen) atoms. The SMILES string of the molecule is Cc1ccc(NC(=O)Cc2nnc(SCC(=O)Nc3cccc(C)c3C)n2C)cc1Cl. The molecule has 0 atom stereocenters. The van der Waals surface area contributed by atoms with Crippen molar-refractivity contribution in [1.82, 2.24) is 14.8 Å². The number of nitrogens with one attached hydrogen (secondary N) is 2. The van der Waals surface area contributed by atoms with Crippen LogP contribution in [0.5, 0.6) is 0 Å². The molecular weight excluding hydrogens is 434 g/mol. The second-order valence-electron chi connectivity index (χ2n) is 7.23. The van der Waals surface area contributed by atoms with Crippen LogP contribution < -0.4 is 10.6 Å². The number of halogens is 1. The minimum absolute atomic E-state index is 0.0598. The standard InChI is InChI=1S/C22H24ClN5O2S/c1-13-6-5-7-18(15(13)3)25-21(30)12-31-22-27-26-19(28(22)4)11-20(29)24-16-9-8-14(2)17(23)10-16/h5-10H,11-12H2,1-4H3,(H,24,29)(H,25,30). The first-order chi connectivity index (χ1) is 14.7. The third kappa shape index (κ3) is 5.86. The molecule has 3 rings (SSSR count). The minimum atomic E-state index is -0.223. The van der Waals surface area contributed by atoms with Crippen LogP contribution >= 0.6 is 23.4 Å². The maximum atomic E-state index is 12.4. The zero-order valence-electron chi connectivity index (χ0n) is 17.8. The molecule has 3 aromatic rings. The fraction of sp³-hybridized carbons (Fsp3) is 0.273. The van der Waals surface area contributed by atoms with Gasteiger partial charge in [-0.15, -0.1) is 10.2 Å². The number of amides is 2. The van der Waals surface area contributed by atoms with Crippen LogP contribution in [0.15, 0.2) is 41.6 Å². The molecule has 0 unspecified atom stereocenters. The van der Waals surface area contributed by atoms with E-state index in [4.69, 9.17) is 11.6 Å². The molecule has 0 saturated heterocycles. The predicted molar refractivity (Wildman–Crippen MR) is 125 cm³/mol. The Morgan fingerprint density at radius 3 is 2.55 bits per heavy atom. The summed E-state index contributed by atoms with van der Waals surface area (Å²) >= 11 is 7.37. The van der Waals surface area contributed by atoms with E-state index in [0.717, 1.165) is 22.4 Å². The molecule has 7 nitrogen and oxygen atoms in total. The van der Waals surface area contributed by atoms with Crippen LogP contribution in [0.4, 0.5) is 11.4 Å². The highest BCUT2D eigenvalue weighted by Crippen LogP contribution is 2.21. The molecule has 1 aromatic heterocycles. The highest BCUT2D eigenvalue weighted by atomic mass is 35.5. The first-order valence-corrected chi connectivity index (χ1v) is 11.0. The molecule has 0 aliphatic rings. The van der Waals surface area contributed by atoms with Crippen LogP contribution in [-0.4, -0.2) is 32.3 Å². The summed E-state index contributed by atoms with van der Waals surface area (Å²) in [5, 5.41) is 15.1. The zero-order chi connectivity index (χ0) is 22.5. The molecule has 0 bridgehead atoms. The van der Waals surface area contributed by atoms with Gasteiger partial charge in [0.15, 0.2) is 5.16 Å². The number of thioether (sulfide) groups is 1. The van der Waals surface area contributed by atoms with Gasteiger partial charge in [-0.3, -0.25) is 9.59 Å². The summed E-state index contributed by atoms with van der Waals surface area (Å²) in [7, 11) is 1.77. The third-order valence-corrected chi connectivity index (χ3v) is 6.34. The number of aromatic nitrogens is 3. The van der Waals surface area contributed by atoms with Gasteiger partial charge < -0.3 is 15.2 Å². The van der Waals surface area contributed by atoms with E-state index in [1.54, 1.807) is 23.7 Å². The van der Waals surface area contributed by atoms with Gasteiger partial charge in [0.2, 0.25) is 11.8 Å². The molecule has 0 spiro atoms. The summed E-state index contributed by atoms with van der Waals surface area (Å²) in [6, 6.07) is 11.1. The number of aryl methyl sites for hydroxylation is 2. The number of hydrogen-bond donors (Lipinski definition) is 2. The Kier molecular flexibility index (Phi) is 7.35. The lowest BCUT2D eigenvalue weighted by atomic mass is 10.1. The Morgan fingerprint density at radius 2 is 1.81 bits per heavy atom. The Morgan fingerprint density at radius 1 is 1.03 bits per heavy atom. The van der Waals surface area contributed by atoms with E-state index in [0.29, 0.717) is 21.7 Å². The lowest BCUT2D eigenvalue weighted by Gasteiger charge is -2.10. The van der Waals surface area contributed by atoms with Crippen molar-refractivity contribution >= 4 is 46.6 Å². The van der Waals surface area contributed by atoms with Gasteiger partial charge in [-0.25, -0.2) is 0 Å². The first kappa shape index (κ1) is 22.8. The molecule has 0 saturated carbocycles. The average molecular weight is 458 g/mol. The van der Waals surface area contributed by atoms with Crippen molar-refractivity contribution in [2.75, 3.05) is 16.4 Å². The Labute approximate surface area is 190 Å². The van der Waals surface area contributed by atoms with Crippen LogP contribution in [-0.2, 0) is 23.1 Å². The minimum Gasteiger partial charge on any atom is -0.326 e. The van der Waals surface area contributed by atoms with Crippen LogP contribution in [0.1, 0.15) is 22.5 Å². The number of carbonyl (C=O) groups is 2. The van der Waals surface area contributed by atoms with Crippen molar-refractivity contribution < 1.29 is 9.59 Å². The van der Waals surface area contributed by atoms with E-state index >= 15 is 0 Å². The number of nitrogens with zero attached hydrogens (tertiary/aromatic N) is 3. The van der Waals surface area contributed by atoms with Gasteiger partial charge in [-0.05, 0) is 55.7 Å². The Bertz CT molecular complexity index is 1130. The lowest BCUT2D eigenvalue weighted by molar-refractivity contribution is -0.116. The normalized spacial score (nSPS) is 10.7. The predicted octanol–water partition coefficient (Wildman–Crippen LogP) is 4.31. The number of hydrogen-bond acceptors (Lipinski definition) is 5. The fourth-order valence-corrected chi connectivity index (χ4v) is 3.76. The van der Waals surface area contributed by atoms with Crippen LogP contribution in [0.25, 0.3) is 0 Å². The monoisotopic (exact) mass is 457 g/mol. The second kappa shape index (κ2) is 9.98. The van der Waals surface area contributed by atoms with E-state index in [2.05, 4.69) is 20.8 Å². The van der Waals surface area contributed by atoms with Gasteiger partial charge >= 0.3 is 0 Å². The molecule has 2 amide bonds. The quantitative estimate of drug-likeness (QED) is 0.516. The topological polar surface area (TPSA) is 88.9 Å². The fourth-order valence-electron chi connectivity index (χ4n) is 2.85. The smallest absolute Gasteiger partial charge is 0.234 e. The summed E-state index contributed by atoms with van der Waals surface area (Å²) in [6.45, 7) is 5.88. The summed E-state index contributed by atoms with van der Waals surface area (Å²) in [6.07, 6.45) is 0.0598. The summed E-state index contributed by atoms with van der Waals surface area (Å²) in [4.78, 5) is 24.7. The molecule has 0 aliphatic heterocycles. The Hall–Kier alpha value is -2.84. The van der Waals surface area contributed by atoms with Crippen molar-refractivity contribution in [3.8, 4) is 0 Å². The van der Waals surface area contributed by atoms with Crippen molar-refractivity contribution in [1.29, 1.82) is 0 Å². The van der Waals surface area contributed by atoms with Crippen molar-refractivity contribution in [3.05, 3.63) is 63.9 Å². The molecule has 2 aromatic carbocycles. The number of rotatable bonds is 7. The molecule has 0 aliphatic carbocycles. The lowest BCUT2D eigenvalue weighted by Crippen LogP contribution is -2.17. The molecule has 2 N–H and O–H groups in total. The van der Waals surface area contributed by atoms with Crippen LogP contribution in [0.3, 0.4) is 0 Å². The van der Waals surface area contributed by atoms with Crippen LogP contribution in [0, 0.1) is 20.8 Å². The van der Waals surface area contributed by atoms with Gasteiger partial charge in [0.05, 0.1) is 12.2 Å². The highest BCUT2D eigenvalue weighted by molar-refractivity contribution is 7.99. The van der Waals surface area contributed by atoms with E-state index in [1.165, 1.54) is 11.8 Å². The number of benzene rings is 2. The average Bonchev–Trinajstić information content (AvgIpc) is 3.06. The molecular formula is C22H24ClN5O2S. The molecule has 1 heterocycles. The van der Waals surface area contributed by atoms with E-state index in [-0.39, 0.29) is 24.0 Å². The molecule has 0 fully saturated rings. The van der Waals surface area contributed by atoms with Crippen LogP contribution in [0.2, 0.25) is 5.02 Å². The van der Waals surface area contributed by atoms with E-state index in [9.17, 15) is 9.59 Å². The second-order valence-corrected chi connectivity index (χ2v) is 8.58. The number of anilines is 2. The molecule has 0 radical (unpaired) electrons. The zero-order valence-corrected chi connectivity index (χ0v) is 19.4. The molecule has 9 heteroatoms. The van der Waals surface area contributed by atoms with Gasteiger partial charge in [0.1, 0.15) is 5.82 Å². The summed E-state index contributed by atoms with van der Waals surface area (Å²) < 4.78 is 1.72. The van der Waals surface area contributed by atoms with Crippen molar-refractivity contribution in [3.63, 3.8) is 0 Å². The summed E-state index contributed by atoms with van der Waals surface area (Å²) in [5.41, 5.74) is 4.53. The van der Waals surface area contributed by atoms with Crippen molar-refractivity contribution in [2.45, 2.75) is 32.3 Å². The largest absolute Gasteiger partial charge is 0.326 e.